The van der Waals surface area contributed by atoms with Gasteiger partial charge in [-0.05, 0) is 36.2 Å². The molecule has 0 atom stereocenters. The van der Waals surface area contributed by atoms with Crippen molar-refractivity contribution >= 4 is 17.3 Å². The number of nitrogens with one attached hydrogen (secondary N) is 1. The zero-order chi connectivity index (χ0) is 12.1. The first-order chi connectivity index (χ1) is 8.24. The minimum absolute atomic E-state index is 0.279. The van der Waals surface area contributed by atoms with E-state index in [1.54, 1.807) is 12.1 Å². The molecule has 0 saturated heterocycles. The molecule has 0 aromatic heterocycles. The third-order valence-corrected chi connectivity index (χ3v) is 2.75. The lowest BCUT2D eigenvalue weighted by Crippen LogP contribution is -2.04. The molecule has 0 heterocycles. The van der Waals surface area contributed by atoms with E-state index in [0.717, 1.165) is 23.7 Å². The maximum Gasteiger partial charge on any atom is 0.117 e. The molecule has 0 saturated carbocycles. The van der Waals surface area contributed by atoms with Crippen molar-refractivity contribution in [2.75, 3.05) is 11.9 Å². The fourth-order valence-corrected chi connectivity index (χ4v) is 1.74. The van der Waals surface area contributed by atoms with E-state index in [9.17, 15) is 5.11 Å². The minimum Gasteiger partial charge on any atom is -0.508 e. The quantitative estimate of drug-likeness (QED) is 0.864. The Morgan fingerprint density at radius 1 is 1.06 bits per heavy atom. The van der Waals surface area contributed by atoms with Crippen molar-refractivity contribution in [2.24, 2.45) is 0 Å². The smallest absolute Gasteiger partial charge is 0.117 e. The number of phenolic OH excluding ortho intramolecular Hbond substituents is 1. The van der Waals surface area contributed by atoms with Crippen LogP contribution in [0.2, 0.25) is 5.02 Å². The fraction of sp³-hybridized carbons (Fsp3) is 0.143. The third kappa shape index (κ3) is 3.68. The summed E-state index contributed by atoms with van der Waals surface area (Å²) < 4.78 is 0. The van der Waals surface area contributed by atoms with Gasteiger partial charge in [0.2, 0.25) is 0 Å². The van der Waals surface area contributed by atoms with E-state index >= 15 is 0 Å². The van der Waals surface area contributed by atoms with E-state index in [4.69, 9.17) is 11.6 Å². The van der Waals surface area contributed by atoms with Crippen LogP contribution in [0.25, 0.3) is 0 Å². The highest BCUT2D eigenvalue weighted by Gasteiger charge is 1.95. The van der Waals surface area contributed by atoms with Gasteiger partial charge in [0.25, 0.3) is 0 Å². The lowest BCUT2D eigenvalue weighted by molar-refractivity contribution is 0.475. The standard InChI is InChI=1S/C14H14ClNO/c15-12-6-4-11(5-7-12)8-9-16-13-2-1-3-14(17)10-13/h1-7,10,16-17H,8-9H2. The molecule has 88 valence electrons. The summed E-state index contributed by atoms with van der Waals surface area (Å²) in [7, 11) is 0. The number of hydrogen-bond donors (Lipinski definition) is 2. The van der Waals surface area contributed by atoms with E-state index in [1.807, 2.05) is 36.4 Å². The summed E-state index contributed by atoms with van der Waals surface area (Å²) in [4.78, 5) is 0. The van der Waals surface area contributed by atoms with Gasteiger partial charge in [-0.25, -0.2) is 0 Å². The third-order valence-electron chi connectivity index (χ3n) is 2.50. The molecule has 2 N–H and O–H groups in total. The van der Waals surface area contributed by atoms with Gasteiger partial charge in [0.1, 0.15) is 5.75 Å². The molecule has 3 heteroatoms. The van der Waals surface area contributed by atoms with Crippen LogP contribution in [-0.2, 0) is 6.42 Å². The number of benzene rings is 2. The number of aromatic hydroxyl groups is 1. The predicted octanol–water partition coefficient (Wildman–Crippen LogP) is 3.70. The molecule has 2 aromatic carbocycles. The molecular formula is C14H14ClNO. The summed E-state index contributed by atoms with van der Waals surface area (Å²) in [6.45, 7) is 0.824. The topological polar surface area (TPSA) is 32.3 Å². The average Bonchev–Trinajstić information content (AvgIpc) is 2.32. The first-order valence-electron chi connectivity index (χ1n) is 5.51. The van der Waals surface area contributed by atoms with Gasteiger partial charge in [-0.15, -0.1) is 0 Å². The largest absolute Gasteiger partial charge is 0.508 e. The van der Waals surface area contributed by atoms with Crippen molar-refractivity contribution in [3.63, 3.8) is 0 Å². The van der Waals surface area contributed by atoms with Crippen LogP contribution in [0.3, 0.4) is 0 Å². The Bertz CT molecular complexity index is 482. The molecular weight excluding hydrogens is 234 g/mol. The van der Waals surface area contributed by atoms with Crippen molar-refractivity contribution < 1.29 is 5.11 Å². The maximum absolute atomic E-state index is 9.31. The van der Waals surface area contributed by atoms with Crippen LogP contribution in [0.1, 0.15) is 5.56 Å². The van der Waals surface area contributed by atoms with Crippen molar-refractivity contribution in [1.82, 2.24) is 0 Å². The summed E-state index contributed by atoms with van der Waals surface area (Å²) >= 11 is 5.82. The second-order valence-corrected chi connectivity index (χ2v) is 4.29. The highest BCUT2D eigenvalue weighted by molar-refractivity contribution is 6.30. The molecule has 0 aliphatic carbocycles. The SMILES string of the molecule is Oc1cccc(NCCc2ccc(Cl)cc2)c1. The normalized spacial score (nSPS) is 10.2. The fourth-order valence-electron chi connectivity index (χ4n) is 1.62. The lowest BCUT2D eigenvalue weighted by atomic mass is 10.1. The molecule has 0 unspecified atom stereocenters. The van der Waals surface area contributed by atoms with Crippen molar-refractivity contribution in [2.45, 2.75) is 6.42 Å². The Kier molecular flexibility index (Phi) is 3.89. The zero-order valence-electron chi connectivity index (χ0n) is 9.36. The van der Waals surface area contributed by atoms with Crippen LogP contribution in [-0.4, -0.2) is 11.7 Å². The van der Waals surface area contributed by atoms with E-state index in [0.29, 0.717) is 0 Å². The number of rotatable bonds is 4. The Morgan fingerprint density at radius 2 is 1.82 bits per heavy atom. The molecule has 17 heavy (non-hydrogen) atoms. The Balaban J connectivity index is 1.85. The lowest BCUT2D eigenvalue weighted by Gasteiger charge is -2.06. The Labute approximate surface area is 106 Å². The number of phenols is 1. The molecule has 2 aromatic rings. The van der Waals surface area contributed by atoms with Gasteiger partial charge in [0.05, 0.1) is 0 Å². The summed E-state index contributed by atoms with van der Waals surface area (Å²) in [5, 5.41) is 13.3. The number of anilines is 1. The van der Waals surface area contributed by atoms with Gasteiger partial charge in [0, 0.05) is 23.3 Å². The molecule has 0 aliphatic rings. The van der Waals surface area contributed by atoms with Gasteiger partial charge in [-0.3, -0.25) is 0 Å². The van der Waals surface area contributed by atoms with E-state index in [1.165, 1.54) is 5.56 Å². The summed E-state index contributed by atoms with van der Waals surface area (Å²) in [5.74, 6) is 0.279. The summed E-state index contributed by atoms with van der Waals surface area (Å²) in [6.07, 6.45) is 0.923. The predicted molar refractivity (Wildman–Crippen MR) is 71.8 cm³/mol. The van der Waals surface area contributed by atoms with E-state index in [-0.39, 0.29) is 5.75 Å². The second-order valence-electron chi connectivity index (χ2n) is 3.85. The van der Waals surface area contributed by atoms with Crippen LogP contribution >= 0.6 is 11.6 Å². The molecule has 2 nitrogen and oxygen atoms in total. The van der Waals surface area contributed by atoms with Crippen molar-refractivity contribution in [3.8, 4) is 5.75 Å². The van der Waals surface area contributed by atoms with Crippen LogP contribution in [0.15, 0.2) is 48.5 Å². The van der Waals surface area contributed by atoms with Gasteiger partial charge in [0.15, 0.2) is 0 Å². The van der Waals surface area contributed by atoms with Crippen LogP contribution < -0.4 is 5.32 Å². The first kappa shape index (κ1) is 11.8. The molecule has 2 rings (SSSR count). The van der Waals surface area contributed by atoms with Gasteiger partial charge in [-0.1, -0.05) is 29.8 Å². The highest BCUT2D eigenvalue weighted by atomic mass is 35.5. The van der Waals surface area contributed by atoms with E-state index in [2.05, 4.69) is 5.32 Å². The molecule has 0 spiro atoms. The van der Waals surface area contributed by atoms with Crippen molar-refractivity contribution in [3.05, 3.63) is 59.1 Å². The zero-order valence-corrected chi connectivity index (χ0v) is 10.1. The van der Waals surface area contributed by atoms with Crippen LogP contribution in [0, 0.1) is 0 Å². The number of halogens is 1. The molecule has 0 amide bonds. The maximum atomic E-state index is 9.31. The molecule has 0 bridgehead atoms. The minimum atomic E-state index is 0.279. The van der Waals surface area contributed by atoms with Gasteiger partial charge in [-0.2, -0.15) is 0 Å². The molecule has 0 radical (unpaired) electrons. The monoisotopic (exact) mass is 247 g/mol. The Morgan fingerprint density at radius 3 is 2.53 bits per heavy atom. The average molecular weight is 248 g/mol. The molecule has 0 fully saturated rings. The first-order valence-corrected chi connectivity index (χ1v) is 5.89. The second kappa shape index (κ2) is 5.60. The number of hydrogen-bond acceptors (Lipinski definition) is 2. The molecule has 0 aliphatic heterocycles. The highest BCUT2D eigenvalue weighted by Crippen LogP contribution is 2.15. The Hall–Kier alpha value is -1.67. The van der Waals surface area contributed by atoms with Gasteiger partial charge >= 0.3 is 0 Å². The van der Waals surface area contributed by atoms with Crippen molar-refractivity contribution in [1.29, 1.82) is 0 Å². The summed E-state index contributed by atoms with van der Waals surface area (Å²) in [5.41, 5.74) is 2.17. The summed E-state index contributed by atoms with van der Waals surface area (Å²) in [6, 6.07) is 14.9. The van der Waals surface area contributed by atoms with Crippen LogP contribution in [0.5, 0.6) is 5.75 Å². The van der Waals surface area contributed by atoms with Crippen LogP contribution in [0.4, 0.5) is 5.69 Å². The van der Waals surface area contributed by atoms with E-state index < -0.39 is 0 Å². The van der Waals surface area contributed by atoms with Gasteiger partial charge < -0.3 is 10.4 Å².